The molecule has 4 rings (SSSR count). The molecule has 3 aromatic carbocycles. The van der Waals surface area contributed by atoms with Crippen LogP contribution in [0.25, 0.3) is 0 Å². The number of cyclic esters (lactones) is 1. The third-order valence-electron chi connectivity index (χ3n) is 7.83. The van der Waals surface area contributed by atoms with Crippen molar-refractivity contribution in [2.24, 2.45) is 11.8 Å². The zero-order valence-corrected chi connectivity index (χ0v) is 24.9. The molecule has 0 saturated carbocycles. The Labute approximate surface area is 258 Å². The number of halogens is 1. The Morgan fingerprint density at radius 3 is 2.20 bits per heavy atom. The van der Waals surface area contributed by atoms with Gasteiger partial charge in [-0.15, -0.1) is 0 Å². The summed E-state index contributed by atoms with van der Waals surface area (Å²) in [7, 11) is 0. The van der Waals surface area contributed by atoms with E-state index in [9.17, 15) is 23.9 Å². The van der Waals surface area contributed by atoms with Crippen molar-refractivity contribution in [1.29, 1.82) is 0 Å². The fraction of sp³-hybridized carbons (Fsp3) is 0.361. The minimum Gasteiger partial charge on any atom is -0.463 e. The first kappa shape index (κ1) is 32.6. The van der Waals surface area contributed by atoms with Gasteiger partial charge in [0.05, 0.1) is 24.5 Å². The van der Waals surface area contributed by atoms with Gasteiger partial charge in [-0.3, -0.25) is 14.4 Å². The molecule has 2 N–H and O–H groups in total. The van der Waals surface area contributed by atoms with Crippen LogP contribution in [0.4, 0.5) is 4.39 Å². The van der Waals surface area contributed by atoms with Crippen LogP contribution < -0.4 is 5.32 Å². The molecule has 0 bridgehead atoms. The molecular weight excluding hydrogens is 559 g/mol. The maximum atomic E-state index is 13.7. The Kier molecular flexibility index (Phi) is 12.7. The molecule has 7 nitrogen and oxygen atoms in total. The van der Waals surface area contributed by atoms with Crippen LogP contribution in [0, 0.1) is 17.7 Å². The predicted octanol–water partition coefficient (Wildman–Crippen LogP) is 5.02. The lowest BCUT2D eigenvalue weighted by Gasteiger charge is -2.26. The fourth-order valence-electron chi connectivity index (χ4n) is 5.39. The lowest BCUT2D eigenvalue weighted by atomic mass is 9.94. The SMILES string of the molecule is O=C1N[C@@H](Cc2ccccc2)COC(=O)[C@H](Cc2ccc(F)cc2)CC/C=C/C[C@@H]1CC(=O)N(CCO)Cc1ccccc1. The summed E-state index contributed by atoms with van der Waals surface area (Å²) in [5, 5.41) is 12.7. The molecule has 0 fully saturated rings. The van der Waals surface area contributed by atoms with Gasteiger partial charge < -0.3 is 20.1 Å². The normalized spacial score (nSPS) is 20.3. The van der Waals surface area contributed by atoms with E-state index in [1.54, 1.807) is 17.0 Å². The van der Waals surface area contributed by atoms with Crippen molar-refractivity contribution in [3.8, 4) is 0 Å². The summed E-state index contributed by atoms with van der Waals surface area (Å²) < 4.78 is 19.3. The zero-order valence-electron chi connectivity index (χ0n) is 24.9. The summed E-state index contributed by atoms with van der Waals surface area (Å²) in [6, 6.07) is 24.8. The third kappa shape index (κ3) is 10.5. The minimum absolute atomic E-state index is 0.0157. The second-order valence-electron chi connectivity index (χ2n) is 11.3. The Balaban J connectivity index is 1.52. The van der Waals surface area contributed by atoms with Gasteiger partial charge in [0.2, 0.25) is 11.8 Å². The summed E-state index contributed by atoms with van der Waals surface area (Å²) in [5.74, 6) is -2.26. The largest absolute Gasteiger partial charge is 0.463 e. The monoisotopic (exact) mass is 600 g/mol. The van der Waals surface area contributed by atoms with Crippen molar-refractivity contribution in [3.63, 3.8) is 0 Å². The number of ether oxygens (including phenoxy) is 1. The van der Waals surface area contributed by atoms with E-state index >= 15 is 0 Å². The molecular formula is C36H41FN2O5. The van der Waals surface area contributed by atoms with Crippen LogP contribution in [-0.2, 0) is 38.5 Å². The standard InChI is InChI=1S/C36H41FN2O5/c37-32-18-16-28(17-19-32)22-31-15-9-3-8-14-30(24-34(41)39(20-21-40)25-29-12-6-2-7-13-29)35(42)38-33(26-44-36(31)43)23-27-10-4-1-5-11-27/h1-8,10-13,16-19,30-31,33,40H,9,14-15,20-26H2,(H,38,42)/b8-3+/t30-,31+,33+/m1/s1. The number of aliphatic hydroxyl groups is 1. The molecule has 1 aliphatic heterocycles. The van der Waals surface area contributed by atoms with E-state index in [-0.39, 0.29) is 49.8 Å². The molecule has 1 heterocycles. The highest BCUT2D eigenvalue weighted by molar-refractivity contribution is 5.86. The Hall–Kier alpha value is -4.30. The molecule has 0 spiro atoms. The van der Waals surface area contributed by atoms with Gasteiger partial charge in [-0.05, 0) is 60.9 Å². The molecule has 0 aromatic heterocycles. The molecule has 8 heteroatoms. The number of hydrogen-bond donors (Lipinski definition) is 2. The fourth-order valence-corrected chi connectivity index (χ4v) is 5.39. The van der Waals surface area contributed by atoms with Gasteiger partial charge in [-0.2, -0.15) is 0 Å². The molecule has 44 heavy (non-hydrogen) atoms. The molecule has 3 atom stereocenters. The summed E-state index contributed by atoms with van der Waals surface area (Å²) in [6.45, 7) is 0.309. The van der Waals surface area contributed by atoms with Crippen LogP contribution in [0.15, 0.2) is 97.1 Å². The summed E-state index contributed by atoms with van der Waals surface area (Å²) in [5.41, 5.74) is 2.76. The van der Waals surface area contributed by atoms with Gasteiger partial charge in [0.25, 0.3) is 0 Å². The minimum atomic E-state index is -0.638. The van der Waals surface area contributed by atoms with Crippen molar-refractivity contribution in [2.75, 3.05) is 19.8 Å². The molecule has 0 radical (unpaired) electrons. The van der Waals surface area contributed by atoms with E-state index < -0.39 is 17.9 Å². The van der Waals surface area contributed by atoms with Gasteiger partial charge in [0.15, 0.2) is 0 Å². The highest BCUT2D eigenvalue weighted by Crippen LogP contribution is 2.20. The van der Waals surface area contributed by atoms with Crippen molar-refractivity contribution >= 4 is 17.8 Å². The first-order valence-electron chi connectivity index (χ1n) is 15.2. The van der Waals surface area contributed by atoms with Crippen molar-refractivity contribution in [2.45, 2.75) is 51.1 Å². The van der Waals surface area contributed by atoms with Gasteiger partial charge in [0.1, 0.15) is 12.4 Å². The lowest BCUT2D eigenvalue weighted by Crippen LogP contribution is -2.45. The van der Waals surface area contributed by atoms with E-state index in [2.05, 4.69) is 5.32 Å². The highest BCUT2D eigenvalue weighted by Gasteiger charge is 2.28. The number of rotatable bonds is 10. The summed E-state index contributed by atoms with van der Waals surface area (Å²) in [4.78, 5) is 42.0. The predicted molar refractivity (Wildman–Crippen MR) is 167 cm³/mol. The molecule has 0 saturated heterocycles. The number of benzene rings is 3. The number of esters is 1. The highest BCUT2D eigenvalue weighted by atomic mass is 19.1. The average Bonchev–Trinajstić information content (AvgIpc) is 3.04. The van der Waals surface area contributed by atoms with Crippen LogP contribution in [0.3, 0.4) is 0 Å². The number of hydrogen-bond acceptors (Lipinski definition) is 5. The maximum Gasteiger partial charge on any atom is 0.309 e. The Morgan fingerprint density at radius 1 is 0.864 bits per heavy atom. The van der Waals surface area contributed by atoms with Crippen molar-refractivity contribution < 1.29 is 28.6 Å². The van der Waals surface area contributed by atoms with E-state index in [1.807, 2.05) is 72.8 Å². The molecule has 0 unspecified atom stereocenters. The number of allylic oxidation sites excluding steroid dienone is 2. The van der Waals surface area contributed by atoms with Gasteiger partial charge >= 0.3 is 5.97 Å². The van der Waals surface area contributed by atoms with Crippen LogP contribution in [0.2, 0.25) is 0 Å². The number of aliphatic hydroxyl groups excluding tert-OH is 1. The molecule has 3 aromatic rings. The summed E-state index contributed by atoms with van der Waals surface area (Å²) >= 11 is 0. The third-order valence-corrected chi connectivity index (χ3v) is 7.83. The van der Waals surface area contributed by atoms with E-state index in [1.165, 1.54) is 12.1 Å². The first-order chi connectivity index (χ1) is 21.4. The maximum absolute atomic E-state index is 13.7. The molecule has 0 aliphatic carbocycles. The Morgan fingerprint density at radius 2 is 1.52 bits per heavy atom. The van der Waals surface area contributed by atoms with Crippen molar-refractivity contribution in [1.82, 2.24) is 10.2 Å². The number of carbonyl (C=O) groups excluding carboxylic acids is 3. The topological polar surface area (TPSA) is 95.9 Å². The van der Waals surface area contributed by atoms with Crippen molar-refractivity contribution in [3.05, 3.63) is 120 Å². The average molecular weight is 601 g/mol. The Bertz CT molecular complexity index is 1360. The number of nitrogens with zero attached hydrogens (tertiary/aromatic N) is 1. The first-order valence-corrected chi connectivity index (χ1v) is 15.2. The lowest BCUT2D eigenvalue weighted by molar-refractivity contribution is -0.150. The van der Waals surface area contributed by atoms with Crippen LogP contribution in [0.5, 0.6) is 0 Å². The van der Waals surface area contributed by atoms with E-state index in [0.29, 0.717) is 38.6 Å². The van der Waals surface area contributed by atoms with Crippen LogP contribution in [-0.4, -0.2) is 53.6 Å². The molecule has 1 aliphatic rings. The van der Waals surface area contributed by atoms with Gasteiger partial charge in [-0.1, -0.05) is 84.9 Å². The number of carbonyl (C=O) groups is 3. The van der Waals surface area contributed by atoms with Crippen LogP contribution >= 0.6 is 0 Å². The quantitative estimate of drug-likeness (QED) is 0.252. The van der Waals surface area contributed by atoms with Gasteiger partial charge in [-0.25, -0.2) is 4.39 Å². The number of amides is 2. The zero-order chi connectivity index (χ0) is 31.1. The molecule has 2 amide bonds. The van der Waals surface area contributed by atoms with Crippen LogP contribution in [0.1, 0.15) is 42.4 Å². The van der Waals surface area contributed by atoms with E-state index in [0.717, 1.165) is 16.7 Å². The second-order valence-corrected chi connectivity index (χ2v) is 11.3. The van der Waals surface area contributed by atoms with Gasteiger partial charge in [0, 0.05) is 19.5 Å². The summed E-state index contributed by atoms with van der Waals surface area (Å²) in [6.07, 6.45) is 6.15. The second kappa shape index (κ2) is 17.1. The van der Waals surface area contributed by atoms with E-state index in [4.69, 9.17) is 4.74 Å². The smallest absolute Gasteiger partial charge is 0.309 e. The molecule has 232 valence electrons. The number of nitrogens with one attached hydrogen (secondary N) is 1.